The first-order valence-electron chi connectivity index (χ1n) is 8.58. The van der Waals surface area contributed by atoms with Crippen LogP contribution < -0.4 is 10.6 Å². The number of carbonyl (C=O) groups is 2. The van der Waals surface area contributed by atoms with Crippen molar-refractivity contribution in [2.45, 2.75) is 33.5 Å². The molecule has 0 bridgehead atoms. The molecule has 2 aromatic rings. The maximum atomic E-state index is 12.2. The molecule has 0 saturated carbocycles. The summed E-state index contributed by atoms with van der Waals surface area (Å²) in [6.07, 6.45) is 0. The van der Waals surface area contributed by atoms with Crippen molar-refractivity contribution in [3.63, 3.8) is 0 Å². The van der Waals surface area contributed by atoms with Crippen LogP contribution in [0.1, 0.15) is 25.2 Å². The van der Waals surface area contributed by atoms with Crippen LogP contribution in [0.4, 0.5) is 10.5 Å². The molecule has 1 aromatic heterocycles. The second kappa shape index (κ2) is 7.78. The summed E-state index contributed by atoms with van der Waals surface area (Å²) in [5, 5.41) is 10.5. The third-order valence-corrected chi connectivity index (χ3v) is 4.54. The molecule has 2 heterocycles. The van der Waals surface area contributed by atoms with Crippen LogP contribution in [0.15, 0.2) is 30.3 Å². The van der Waals surface area contributed by atoms with E-state index in [0.717, 1.165) is 11.4 Å². The van der Waals surface area contributed by atoms with Crippen molar-refractivity contribution >= 4 is 29.2 Å². The van der Waals surface area contributed by atoms with Gasteiger partial charge in [-0.15, -0.1) is 0 Å². The van der Waals surface area contributed by atoms with Gasteiger partial charge in [-0.2, -0.15) is 5.10 Å². The van der Waals surface area contributed by atoms with Crippen LogP contribution in [0.2, 0.25) is 5.02 Å². The van der Waals surface area contributed by atoms with Crippen LogP contribution in [-0.2, 0) is 24.4 Å². The van der Waals surface area contributed by atoms with Crippen LogP contribution in [0, 0.1) is 5.92 Å². The first kappa shape index (κ1) is 18.3. The second-order valence-corrected chi connectivity index (χ2v) is 6.96. The highest BCUT2D eigenvalue weighted by Gasteiger charge is 2.23. The zero-order valence-electron chi connectivity index (χ0n) is 14.8. The number of nitrogens with one attached hydrogen (secondary N) is 2. The lowest BCUT2D eigenvalue weighted by Gasteiger charge is -2.29. The van der Waals surface area contributed by atoms with Crippen LogP contribution in [0.25, 0.3) is 0 Å². The predicted molar refractivity (Wildman–Crippen MR) is 99.8 cm³/mol. The van der Waals surface area contributed by atoms with Gasteiger partial charge in [-0.1, -0.05) is 37.6 Å². The van der Waals surface area contributed by atoms with Gasteiger partial charge in [0.1, 0.15) is 0 Å². The number of para-hydroxylation sites is 1. The normalized spacial score (nSPS) is 13.5. The molecule has 1 aliphatic rings. The third kappa shape index (κ3) is 4.16. The predicted octanol–water partition coefficient (Wildman–Crippen LogP) is 2.86. The summed E-state index contributed by atoms with van der Waals surface area (Å²) in [5.41, 5.74) is 2.29. The molecule has 0 aliphatic carbocycles. The Morgan fingerprint density at radius 3 is 2.77 bits per heavy atom. The van der Waals surface area contributed by atoms with Gasteiger partial charge in [0.05, 0.1) is 41.7 Å². The Balaban J connectivity index is 1.57. The van der Waals surface area contributed by atoms with Gasteiger partial charge in [0, 0.05) is 12.5 Å². The molecule has 0 radical (unpaired) electrons. The smallest absolute Gasteiger partial charge is 0.319 e. The number of anilines is 1. The van der Waals surface area contributed by atoms with Crippen molar-refractivity contribution in [2.75, 3.05) is 11.9 Å². The molecule has 26 heavy (non-hydrogen) atoms. The summed E-state index contributed by atoms with van der Waals surface area (Å²) < 4.78 is 1.90. The molecule has 138 valence electrons. The molecular formula is C18H22ClN5O2. The average molecular weight is 376 g/mol. The SMILES string of the molecule is CC(C)C(=O)N1CCn2nc(CNC(=O)Nc3ccccc3Cl)cc2C1. The monoisotopic (exact) mass is 375 g/mol. The molecule has 0 saturated heterocycles. The summed E-state index contributed by atoms with van der Waals surface area (Å²) in [5.74, 6) is 0.135. The van der Waals surface area contributed by atoms with Crippen LogP contribution in [0.5, 0.6) is 0 Å². The van der Waals surface area contributed by atoms with Crippen LogP contribution >= 0.6 is 11.6 Å². The van der Waals surface area contributed by atoms with Crippen molar-refractivity contribution in [1.82, 2.24) is 20.0 Å². The van der Waals surface area contributed by atoms with Crippen molar-refractivity contribution < 1.29 is 9.59 Å². The maximum absolute atomic E-state index is 12.2. The van der Waals surface area contributed by atoms with Gasteiger partial charge < -0.3 is 15.5 Å². The number of hydrogen-bond donors (Lipinski definition) is 2. The van der Waals surface area contributed by atoms with Crippen LogP contribution in [0.3, 0.4) is 0 Å². The Bertz CT molecular complexity index is 818. The molecule has 7 nitrogen and oxygen atoms in total. The first-order chi connectivity index (χ1) is 12.4. The maximum Gasteiger partial charge on any atom is 0.319 e. The standard InChI is InChI=1S/C18H22ClN5O2/c1-12(2)17(25)23-7-8-24-14(11-23)9-13(22-24)10-20-18(26)21-16-6-4-3-5-15(16)19/h3-6,9,12H,7-8,10-11H2,1-2H3,(H2,20,21,26). The topological polar surface area (TPSA) is 79.3 Å². The number of nitrogens with zero attached hydrogens (tertiary/aromatic N) is 3. The van der Waals surface area contributed by atoms with E-state index in [9.17, 15) is 9.59 Å². The number of benzene rings is 1. The Morgan fingerprint density at radius 2 is 2.04 bits per heavy atom. The van der Waals surface area contributed by atoms with E-state index in [0.29, 0.717) is 36.9 Å². The Labute approximate surface area is 157 Å². The highest BCUT2D eigenvalue weighted by molar-refractivity contribution is 6.33. The van der Waals surface area contributed by atoms with E-state index in [2.05, 4.69) is 15.7 Å². The average Bonchev–Trinajstić information content (AvgIpc) is 3.03. The van der Waals surface area contributed by atoms with E-state index >= 15 is 0 Å². The van der Waals surface area contributed by atoms with Gasteiger partial charge in [-0.05, 0) is 18.2 Å². The molecule has 0 spiro atoms. The van der Waals surface area contributed by atoms with E-state index < -0.39 is 0 Å². The molecule has 1 aliphatic heterocycles. The summed E-state index contributed by atoms with van der Waals surface area (Å²) in [6, 6.07) is 8.63. The summed E-state index contributed by atoms with van der Waals surface area (Å²) in [4.78, 5) is 26.0. The zero-order chi connectivity index (χ0) is 18.7. The molecule has 0 unspecified atom stereocenters. The molecule has 2 N–H and O–H groups in total. The van der Waals surface area contributed by atoms with Crippen molar-refractivity contribution in [3.8, 4) is 0 Å². The lowest BCUT2D eigenvalue weighted by Crippen LogP contribution is -2.40. The fourth-order valence-electron chi connectivity index (χ4n) is 2.87. The number of urea groups is 1. The van der Waals surface area contributed by atoms with E-state index in [1.807, 2.05) is 29.5 Å². The third-order valence-electron chi connectivity index (χ3n) is 4.21. The lowest BCUT2D eigenvalue weighted by molar-refractivity contribution is -0.136. The fraction of sp³-hybridized carbons (Fsp3) is 0.389. The number of carbonyl (C=O) groups excluding carboxylic acids is 2. The molecule has 0 fully saturated rings. The van der Waals surface area contributed by atoms with Gasteiger partial charge in [0.15, 0.2) is 0 Å². The highest BCUT2D eigenvalue weighted by atomic mass is 35.5. The van der Waals surface area contributed by atoms with E-state index in [1.54, 1.807) is 24.3 Å². The zero-order valence-corrected chi connectivity index (χ0v) is 15.6. The molecule has 1 aromatic carbocycles. The van der Waals surface area contributed by atoms with Gasteiger partial charge in [0.2, 0.25) is 5.91 Å². The largest absolute Gasteiger partial charge is 0.335 e. The minimum Gasteiger partial charge on any atom is -0.335 e. The van der Waals surface area contributed by atoms with E-state index in [4.69, 9.17) is 11.6 Å². The van der Waals surface area contributed by atoms with Gasteiger partial charge in [-0.3, -0.25) is 9.48 Å². The number of aromatic nitrogens is 2. The van der Waals surface area contributed by atoms with Crippen molar-refractivity contribution in [3.05, 3.63) is 46.7 Å². The molecular weight excluding hydrogens is 354 g/mol. The molecule has 3 amide bonds. The summed E-state index contributed by atoms with van der Waals surface area (Å²) in [7, 11) is 0. The van der Waals surface area contributed by atoms with Crippen LogP contribution in [-0.4, -0.2) is 33.2 Å². The quantitative estimate of drug-likeness (QED) is 0.862. The fourth-order valence-corrected chi connectivity index (χ4v) is 3.05. The van der Waals surface area contributed by atoms with Gasteiger partial charge in [0.25, 0.3) is 0 Å². The number of rotatable bonds is 4. The van der Waals surface area contributed by atoms with E-state index in [1.165, 1.54) is 0 Å². The molecule has 3 rings (SSSR count). The molecule has 0 atom stereocenters. The summed E-state index contributed by atoms with van der Waals surface area (Å²) in [6.45, 7) is 5.98. The second-order valence-electron chi connectivity index (χ2n) is 6.55. The molecule has 8 heteroatoms. The highest BCUT2D eigenvalue weighted by Crippen LogP contribution is 2.20. The van der Waals surface area contributed by atoms with Crippen molar-refractivity contribution in [1.29, 1.82) is 0 Å². The Kier molecular flexibility index (Phi) is 5.46. The number of amides is 3. The van der Waals surface area contributed by atoms with Gasteiger partial charge >= 0.3 is 6.03 Å². The Morgan fingerprint density at radius 1 is 1.27 bits per heavy atom. The Hall–Kier alpha value is -2.54. The first-order valence-corrected chi connectivity index (χ1v) is 8.95. The van der Waals surface area contributed by atoms with E-state index in [-0.39, 0.29) is 17.9 Å². The van der Waals surface area contributed by atoms with Gasteiger partial charge in [-0.25, -0.2) is 4.79 Å². The number of hydrogen-bond acceptors (Lipinski definition) is 3. The van der Waals surface area contributed by atoms with Crippen molar-refractivity contribution in [2.24, 2.45) is 5.92 Å². The number of fused-ring (bicyclic) bond motifs is 1. The minimum absolute atomic E-state index is 0.0147. The summed E-state index contributed by atoms with van der Waals surface area (Å²) >= 11 is 6.03. The lowest BCUT2D eigenvalue weighted by atomic mass is 10.1. The number of halogens is 1. The minimum atomic E-state index is -0.347.